The molecule has 1 saturated heterocycles. The fraction of sp³-hybridized carbons (Fsp3) is 0.615. The van der Waals surface area contributed by atoms with Gasteiger partial charge in [0.2, 0.25) is 5.91 Å². The largest absolute Gasteiger partial charge is 0.343 e. The van der Waals surface area contributed by atoms with Crippen molar-refractivity contribution in [3.8, 4) is 0 Å². The van der Waals surface area contributed by atoms with Gasteiger partial charge in [-0.1, -0.05) is 11.6 Å². The first kappa shape index (κ1) is 13.8. The SMILES string of the molecule is CC(NCCC(=O)N1CCCC1)c1ccc(Cl)s1. The van der Waals surface area contributed by atoms with E-state index in [0.29, 0.717) is 6.42 Å². The molecule has 1 amide bonds. The van der Waals surface area contributed by atoms with Gasteiger partial charge in [-0.25, -0.2) is 0 Å². The molecule has 18 heavy (non-hydrogen) atoms. The summed E-state index contributed by atoms with van der Waals surface area (Å²) in [6.45, 7) is 4.71. The van der Waals surface area contributed by atoms with Gasteiger partial charge in [0.05, 0.1) is 4.34 Å². The lowest BCUT2D eigenvalue weighted by Gasteiger charge is -2.16. The smallest absolute Gasteiger partial charge is 0.223 e. The second kappa shape index (κ2) is 6.55. The Kier molecular flexibility index (Phi) is 5.03. The van der Waals surface area contributed by atoms with E-state index < -0.39 is 0 Å². The van der Waals surface area contributed by atoms with E-state index in [1.165, 1.54) is 4.88 Å². The van der Waals surface area contributed by atoms with Crippen molar-refractivity contribution < 1.29 is 4.79 Å². The number of thiophene rings is 1. The quantitative estimate of drug-likeness (QED) is 0.902. The summed E-state index contributed by atoms with van der Waals surface area (Å²) >= 11 is 7.49. The molecule has 100 valence electrons. The molecule has 0 saturated carbocycles. The van der Waals surface area contributed by atoms with Gasteiger partial charge in [0.25, 0.3) is 0 Å². The van der Waals surface area contributed by atoms with Crippen LogP contribution in [-0.4, -0.2) is 30.4 Å². The molecule has 1 aromatic heterocycles. The minimum absolute atomic E-state index is 0.258. The Bertz CT molecular complexity index is 401. The molecule has 5 heteroatoms. The maximum Gasteiger partial charge on any atom is 0.223 e. The van der Waals surface area contributed by atoms with Crippen LogP contribution < -0.4 is 5.32 Å². The highest BCUT2D eigenvalue weighted by molar-refractivity contribution is 7.16. The van der Waals surface area contributed by atoms with Crippen molar-refractivity contribution in [1.29, 1.82) is 0 Å². The average molecular weight is 287 g/mol. The lowest BCUT2D eigenvalue weighted by molar-refractivity contribution is -0.130. The summed E-state index contributed by atoms with van der Waals surface area (Å²) in [4.78, 5) is 15.0. The van der Waals surface area contributed by atoms with Crippen molar-refractivity contribution >= 4 is 28.8 Å². The number of carbonyl (C=O) groups is 1. The topological polar surface area (TPSA) is 32.3 Å². The number of halogens is 1. The van der Waals surface area contributed by atoms with Crippen molar-refractivity contribution in [3.63, 3.8) is 0 Å². The molecule has 0 bridgehead atoms. The summed E-state index contributed by atoms with van der Waals surface area (Å²) in [7, 11) is 0. The Labute approximate surface area is 117 Å². The van der Waals surface area contributed by atoms with Crippen LogP contribution in [0.2, 0.25) is 4.34 Å². The highest BCUT2D eigenvalue weighted by Gasteiger charge is 2.17. The molecule has 1 aliphatic rings. The van der Waals surface area contributed by atoms with Gasteiger partial charge < -0.3 is 10.2 Å². The average Bonchev–Trinajstić information content (AvgIpc) is 2.99. The first-order valence-corrected chi connectivity index (χ1v) is 7.62. The highest BCUT2D eigenvalue weighted by Crippen LogP contribution is 2.26. The van der Waals surface area contributed by atoms with E-state index in [9.17, 15) is 4.79 Å². The normalized spacial score (nSPS) is 17.1. The maximum absolute atomic E-state index is 11.8. The first-order chi connectivity index (χ1) is 8.66. The second-order valence-electron chi connectivity index (χ2n) is 4.66. The summed E-state index contributed by atoms with van der Waals surface area (Å²) in [6.07, 6.45) is 2.90. The molecule has 1 N–H and O–H groups in total. The fourth-order valence-corrected chi connectivity index (χ4v) is 3.27. The van der Waals surface area contributed by atoms with Crippen LogP contribution in [0.5, 0.6) is 0 Å². The Morgan fingerprint density at radius 1 is 1.50 bits per heavy atom. The third-order valence-electron chi connectivity index (χ3n) is 3.27. The van der Waals surface area contributed by atoms with Gasteiger partial charge in [-0.2, -0.15) is 0 Å². The summed E-state index contributed by atoms with van der Waals surface area (Å²) in [5.41, 5.74) is 0. The fourth-order valence-electron chi connectivity index (χ4n) is 2.18. The van der Waals surface area contributed by atoms with Crippen LogP contribution in [0.25, 0.3) is 0 Å². The predicted molar refractivity (Wildman–Crippen MR) is 76.2 cm³/mol. The van der Waals surface area contributed by atoms with E-state index in [2.05, 4.69) is 12.2 Å². The van der Waals surface area contributed by atoms with E-state index in [1.54, 1.807) is 11.3 Å². The molecular formula is C13H19ClN2OS. The number of likely N-dealkylation sites (tertiary alicyclic amines) is 1. The Hall–Kier alpha value is -0.580. The monoisotopic (exact) mass is 286 g/mol. The molecule has 0 spiro atoms. The van der Waals surface area contributed by atoms with Gasteiger partial charge >= 0.3 is 0 Å². The molecule has 1 atom stereocenters. The first-order valence-electron chi connectivity index (χ1n) is 6.43. The zero-order chi connectivity index (χ0) is 13.0. The van der Waals surface area contributed by atoms with Crippen LogP contribution in [0.15, 0.2) is 12.1 Å². The van der Waals surface area contributed by atoms with Crippen molar-refractivity contribution in [3.05, 3.63) is 21.3 Å². The summed E-state index contributed by atoms with van der Waals surface area (Å²) < 4.78 is 0.812. The maximum atomic E-state index is 11.8. The van der Waals surface area contributed by atoms with Crippen molar-refractivity contribution in [2.45, 2.75) is 32.2 Å². The van der Waals surface area contributed by atoms with Crippen molar-refractivity contribution in [2.75, 3.05) is 19.6 Å². The zero-order valence-electron chi connectivity index (χ0n) is 10.6. The van der Waals surface area contributed by atoms with E-state index in [-0.39, 0.29) is 11.9 Å². The van der Waals surface area contributed by atoms with Gasteiger partial charge in [0.1, 0.15) is 0 Å². The van der Waals surface area contributed by atoms with Crippen molar-refractivity contribution in [2.24, 2.45) is 0 Å². The van der Waals surface area contributed by atoms with Gasteiger partial charge in [0.15, 0.2) is 0 Å². The third-order valence-corrected chi connectivity index (χ3v) is 4.68. The van der Waals surface area contributed by atoms with Gasteiger partial charge in [-0.3, -0.25) is 4.79 Å². The van der Waals surface area contributed by atoms with Crippen LogP contribution in [-0.2, 0) is 4.79 Å². The molecule has 2 rings (SSSR count). The molecule has 1 fully saturated rings. The summed E-state index contributed by atoms with van der Waals surface area (Å²) in [5, 5.41) is 3.37. The van der Waals surface area contributed by atoms with Crippen LogP contribution in [0.1, 0.15) is 37.1 Å². The van der Waals surface area contributed by atoms with Crippen molar-refractivity contribution in [1.82, 2.24) is 10.2 Å². The van der Waals surface area contributed by atoms with Gasteiger partial charge in [-0.15, -0.1) is 11.3 Å². The van der Waals surface area contributed by atoms with Gasteiger partial charge in [0, 0.05) is 37.0 Å². The summed E-state index contributed by atoms with van der Waals surface area (Å²) in [5.74, 6) is 0.274. The Morgan fingerprint density at radius 2 is 2.22 bits per heavy atom. The molecule has 0 aromatic carbocycles. The van der Waals surface area contributed by atoms with Crippen LogP contribution in [0, 0.1) is 0 Å². The Morgan fingerprint density at radius 3 is 2.83 bits per heavy atom. The minimum Gasteiger partial charge on any atom is -0.343 e. The number of nitrogens with one attached hydrogen (secondary N) is 1. The molecule has 1 aliphatic heterocycles. The number of amides is 1. The molecule has 3 nitrogen and oxygen atoms in total. The number of carbonyl (C=O) groups excluding carboxylic acids is 1. The molecular weight excluding hydrogens is 268 g/mol. The van der Waals surface area contributed by atoms with E-state index in [1.807, 2.05) is 17.0 Å². The number of hydrogen-bond donors (Lipinski definition) is 1. The lowest BCUT2D eigenvalue weighted by Crippen LogP contribution is -2.31. The highest BCUT2D eigenvalue weighted by atomic mass is 35.5. The van der Waals surface area contributed by atoms with Gasteiger partial charge in [-0.05, 0) is 31.9 Å². The molecule has 1 unspecified atom stereocenters. The standard InChI is InChI=1S/C13H19ClN2OS/c1-10(11-4-5-12(14)18-11)15-7-6-13(17)16-8-2-3-9-16/h4-5,10,15H,2-3,6-9H2,1H3. The van der Waals surface area contributed by atoms with Crippen LogP contribution >= 0.6 is 22.9 Å². The van der Waals surface area contributed by atoms with E-state index in [4.69, 9.17) is 11.6 Å². The lowest BCUT2D eigenvalue weighted by atomic mass is 10.2. The van der Waals surface area contributed by atoms with Crippen LogP contribution in [0.3, 0.4) is 0 Å². The summed E-state index contributed by atoms with van der Waals surface area (Å²) in [6, 6.07) is 4.20. The molecule has 0 aliphatic carbocycles. The third kappa shape index (κ3) is 3.70. The minimum atomic E-state index is 0.258. The number of hydrogen-bond acceptors (Lipinski definition) is 3. The van der Waals surface area contributed by atoms with E-state index in [0.717, 1.165) is 36.8 Å². The molecule has 1 aromatic rings. The Balaban J connectivity index is 1.70. The molecule has 2 heterocycles. The van der Waals surface area contributed by atoms with Crippen LogP contribution in [0.4, 0.5) is 0 Å². The predicted octanol–water partition coefficient (Wildman–Crippen LogP) is 3.06. The number of rotatable bonds is 5. The zero-order valence-corrected chi connectivity index (χ0v) is 12.2. The molecule has 0 radical (unpaired) electrons. The number of nitrogens with zero attached hydrogens (tertiary/aromatic N) is 1. The van der Waals surface area contributed by atoms with E-state index >= 15 is 0 Å². The second-order valence-corrected chi connectivity index (χ2v) is 6.40.